The molecule has 174 valence electrons. The van der Waals surface area contributed by atoms with E-state index in [0.29, 0.717) is 28.4 Å². The first-order valence-corrected chi connectivity index (χ1v) is 10.9. The SMILES string of the molecule is CCC(/C=C/C(=O)Nc1ccc(NC(=O)c2ccccc2)cc1)=C\c1ccc(OC)cc1OC. The van der Waals surface area contributed by atoms with E-state index in [9.17, 15) is 9.59 Å². The van der Waals surface area contributed by atoms with E-state index in [1.165, 1.54) is 6.08 Å². The summed E-state index contributed by atoms with van der Waals surface area (Å²) < 4.78 is 10.7. The van der Waals surface area contributed by atoms with E-state index >= 15 is 0 Å². The number of ether oxygens (including phenoxy) is 2. The summed E-state index contributed by atoms with van der Waals surface area (Å²) in [5, 5.41) is 5.66. The molecule has 0 aliphatic rings. The lowest BCUT2D eigenvalue weighted by Crippen LogP contribution is -2.12. The van der Waals surface area contributed by atoms with E-state index in [4.69, 9.17) is 9.47 Å². The average molecular weight is 457 g/mol. The van der Waals surface area contributed by atoms with Gasteiger partial charge in [0, 0.05) is 34.6 Å². The normalized spacial score (nSPS) is 11.2. The molecule has 0 bridgehead atoms. The lowest BCUT2D eigenvalue weighted by atomic mass is 10.1. The first-order chi connectivity index (χ1) is 16.5. The van der Waals surface area contributed by atoms with E-state index in [0.717, 1.165) is 17.6 Å². The molecule has 0 heterocycles. The van der Waals surface area contributed by atoms with Crippen LogP contribution in [0.25, 0.3) is 6.08 Å². The molecule has 0 spiro atoms. The topological polar surface area (TPSA) is 76.7 Å². The lowest BCUT2D eigenvalue weighted by molar-refractivity contribution is -0.111. The number of methoxy groups -OCH3 is 2. The van der Waals surface area contributed by atoms with Crippen molar-refractivity contribution in [1.82, 2.24) is 0 Å². The largest absolute Gasteiger partial charge is 0.497 e. The highest BCUT2D eigenvalue weighted by Crippen LogP contribution is 2.27. The van der Waals surface area contributed by atoms with Crippen LogP contribution >= 0.6 is 0 Å². The van der Waals surface area contributed by atoms with Gasteiger partial charge in [0.15, 0.2) is 0 Å². The fourth-order valence-corrected chi connectivity index (χ4v) is 3.20. The minimum absolute atomic E-state index is 0.187. The molecule has 0 fully saturated rings. The Morgan fingerprint density at radius 1 is 0.824 bits per heavy atom. The highest BCUT2D eigenvalue weighted by atomic mass is 16.5. The summed E-state index contributed by atoms with van der Waals surface area (Å²) in [6, 6.07) is 21.6. The molecule has 2 N–H and O–H groups in total. The highest BCUT2D eigenvalue weighted by Gasteiger charge is 2.06. The third-order valence-electron chi connectivity index (χ3n) is 5.08. The van der Waals surface area contributed by atoms with Crippen molar-refractivity contribution < 1.29 is 19.1 Å². The van der Waals surface area contributed by atoms with Crippen LogP contribution < -0.4 is 20.1 Å². The molecule has 0 radical (unpaired) electrons. The zero-order valence-electron chi connectivity index (χ0n) is 19.5. The molecule has 0 atom stereocenters. The summed E-state index contributed by atoms with van der Waals surface area (Å²) in [7, 11) is 3.22. The van der Waals surface area contributed by atoms with Gasteiger partial charge < -0.3 is 20.1 Å². The van der Waals surface area contributed by atoms with Gasteiger partial charge in [0.05, 0.1) is 14.2 Å². The van der Waals surface area contributed by atoms with E-state index in [2.05, 4.69) is 10.6 Å². The number of amides is 2. The Labute approximate surface area is 199 Å². The Hall–Kier alpha value is -4.32. The third-order valence-corrected chi connectivity index (χ3v) is 5.08. The van der Waals surface area contributed by atoms with Crippen molar-refractivity contribution in [2.24, 2.45) is 0 Å². The zero-order valence-corrected chi connectivity index (χ0v) is 19.5. The molecule has 34 heavy (non-hydrogen) atoms. The van der Waals surface area contributed by atoms with Gasteiger partial charge in [-0.2, -0.15) is 0 Å². The zero-order chi connectivity index (χ0) is 24.3. The van der Waals surface area contributed by atoms with Crippen LogP contribution in [0, 0.1) is 0 Å². The van der Waals surface area contributed by atoms with Crippen molar-refractivity contribution in [3.8, 4) is 11.5 Å². The van der Waals surface area contributed by atoms with Crippen LogP contribution in [-0.4, -0.2) is 26.0 Å². The number of carbonyl (C=O) groups excluding carboxylic acids is 2. The average Bonchev–Trinajstić information content (AvgIpc) is 2.88. The molecule has 0 aromatic heterocycles. The molecule has 0 saturated carbocycles. The Kier molecular flexibility index (Phi) is 8.63. The van der Waals surface area contributed by atoms with Gasteiger partial charge in [-0.05, 0) is 66.6 Å². The summed E-state index contributed by atoms with van der Waals surface area (Å²) in [6.07, 6.45) is 6.00. The molecule has 6 nitrogen and oxygen atoms in total. The molecule has 3 aromatic carbocycles. The second kappa shape index (κ2) is 12.1. The second-order valence-electron chi connectivity index (χ2n) is 7.40. The maximum Gasteiger partial charge on any atom is 0.255 e. The molecular formula is C28H28N2O4. The minimum atomic E-state index is -0.248. The van der Waals surface area contributed by atoms with Crippen LogP contribution in [0.2, 0.25) is 0 Å². The second-order valence-corrected chi connectivity index (χ2v) is 7.40. The van der Waals surface area contributed by atoms with Gasteiger partial charge in [0.25, 0.3) is 5.91 Å². The first-order valence-electron chi connectivity index (χ1n) is 10.9. The fraction of sp³-hybridized carbons (Fsp3) is 0.143. The summed E-state index contributed by atoms with van der Waals surface area (Å²) >= 11 is 0. The number of hydrogen-bond acceptors (Lipinski definition) is 4. The number of carbonyl (C=O) groups is 2. The number of benzene rings is 3. The van der Waals surface area contributed by atoms with Crippen LogP contribution in [0.3, 0.4) is 0 Å². The monoisotopic (exact) mass is 456 g/mol. The van der Waals surface area contributed by atoms with Crippen LogP contribution in [0.1, 0.15) is 29.3 Å². The molecular weight excluding hydrogens is 428 g/mol. The molecule has 3 rings (SSSR count). The van der Waals surface area contributed by atoms with Crippen LogP contribution in [0.4, 0.5) is 11.4 Å². The molecule has 6 heteroatoms. The molecule has 0 saturated heterocycles. The Bertz CT molecular complexity index is 1180. The minimum Gasteiger partial charge on any atom is -0.497 e. The third kappa shape index (κ3) is 6.84. The smallest absolute Gasteiger partial charge is 0.255 e. The molecule has 3 aromatic rings. The number of rotatable bonds is 9. The number of nitrogens with one attached hydrogen (secondary N) is 2. The van der Waals surface area contributed by atoms with Gasteiger partial charge in [-0.1, -0.05) is 31.2 Å². The predicted octanol–water partition coefficient (Wildman–Crippen LogP) is 5.94. The van der Waals surface area contributed by atoms with Crippen molar-refractivity contribution in [3.05, 3.63) is 102 Å². The number of hydrogen-bond donors (Lipinski definition) is 2. The predicted molar refractivity (Wildman–Crippen MR) is 136 cm³/mol. The summed E-state index contributed by atoms with van der Waals surface area (Å²) in [5.41, 5.74) is 3.73. The van der Waals surface area contributed by atoms with Crippen molar-refractivity contribution in [2.75, 3.05) is 24.9 Å². The van der Waals surface area contributed by atoms with Crippen molar-refractivity contribution in [3.63, 3.8) is 0 Å². The summed E-state index contributed by atoms with van der Waals surface area (Å²) in [5.74, 6) is 0.977. The van der Waals surface area contributed by atoms with Crippen molar-refractivity contribution in [1.29, 1.82) is 0 Å². The van der Waals surface area contributed by atoms with Crippen LogP contribution in [0.5, 0.6) is 11.5 Å². The van der Waals surface area contributed by atoms with E-state index in [-0.39, 0.29) is 11.8 Å². The summed E-state index contributed by atoms with van der Waals surface area (Å²) in [6.45, 7) is 2.02. The quantitative estimate of drug-likeness (QED) is 0.308. The van der Waals surface area contributed by atoms with Gasteiger partial charge >= 0.3 is 0 Å². The Morgan fingerprint density at radius 2 is 1.50 bits per heavy atom. The molecule has 2 amide bonds. The standard InChI is InChI=1S/C28H28N2O4/c1-4-20(18-22-11-16-25(33-2)19-26(22)34-3)10-17-27(31)29-23-12-14-24(15-13-23)30-28(32)21-8-6-5-7-9-21/h5-19H,4H2,1-3H3,(H,29,31)(H,30,32)/b17-10+,20-18+. The van der Waals surface area contributed by atoms with E-state index in [1.807, 2.05) is 49.4 Å². The number of anilines is 2. The maximum absolute atomic E-state index is 12.4. The molecule has 0 unspecified atom stereocenters. The van der Waals surface area contributed by atoms with Gasteiger partial charge in [0.2, 0.25) is 5.91 Å². The van der Waals surface area contributed by atoms with Gasteiger partial charge in [-0.15, -0.1) is 0 Å². The molecule has 0 aliphatic carbocycles. The van der Waals surface area contributed by atoms with Crippen LogP contribution in [-0.2, 0) is 4.79 Å². The van der Waals surface area contributed by atoms with Gasteiger partial charge in [-0.3, -0.25) is 9.59 Å². The van der Waals surface area contributed by atoms with E-state index in [1.54, 1.807) is 56.7 Å². The lowest BCUT2D eigenvalue weighted by Gasteiger charge is -2.09. The van der Waals surface area contributed by atoms with Gasteiger partial charge in [-0.25, -0.2) is 0 Å². The summed E-state index contributed by atoms with van der Waals surface area (Å²) in [4.78, 5) is 24.7. The fourth-order valence-electron chi connectivity index (χ4n) is 3.20. The Morgan fingerprint density at radius 3 is 2.12 bits per heavy atom. The highest BCUT2D eigenvalue weighted by molar-refractivity contribution is 6.04. The van der Waals surface area contributed by atoms with Crippen LogP contribution in [0.15, 0.2) is 90.5 Å². The first kappa shape index (κ1) is 24.3. The molecule has 0 aliphatic heterocycles. The maximum atomic E-state index is 12.4. The van der Waals surface area contributed by atoms with Gasteiger partial charge in [0.1, 0.15) is 11.5 Å². The van der Waals surface area contributed by atoms with E-state index < -0.39 is 0 Å². The Balaban J connectivity index is 1.61. The number of allylic oxidation sites excluding steroid dienone is 2. The van der Waals surface area contributed by atoms with Crippen molar-refractivity contribution >= 4 is 29.3 Å². The van der Waals surface area contributed by atoms with Crippen molar-refractivity contribution in [2.45, 2.75) is 13.3 Å².